The second-order valence-electron chi connectivity index (χ2n) is 3.59. The van der Waals surface area contributed by atoms with Gasteiger partial charge in [0.05, 0.1) is 11.0 Å². The maximum absolute atomic E-state index is 12.9. The summed E-state index contributed by atoms with van der Waals surface area (Å²) in [5, 5.41) is 10.7. The Kier molecular flexibility index (Phi) is 4.22. The molecular formula is C11H14FNO3. The number of hydrogen-bond acceptors (Lipinski definition) is 3. The van der Waals surface area contributed by atoms with Crippen molar-refractivity contribution in [1.82, 2.24) is 0 Å². The molecule has 0 fully saturated rings. The molecule has 1 aromatic rings. The number of nitro benzene ring substituents is 1. The van der Waals surface area contributed by atoms with Crippen LogP contribution in [0.4, 0.5) is 10.1 Å². The maximum atomic E-state index is 12.9. The van der Waals surface area contributed by atoms with E-state index in [1.807, 2.05) is 6.92 Å². The second-order valence-corrected chi connectivity index (χ2v) is 3.59. The Hall–Kier alpha value is -1.65. The van der Waals surface area contributed by atoms with Crippen molar-refractivity contribution in [3.63, 3.8) is 0 Å². The SMILES string of the molecule is CCCC(C)Oc1cc(F)ccc1[N+](=O)[O-]. The van der Waals surface area contributed by atoms with Crippen LogP contribution in [-0.4, -0.2) is 11.0 Å². The minimum atomic E-state index is -0.576. The van der Waals surface area contributed by atoms with Crippen molar-refractivity contribution in [1.29, 1.82) is 0 Å². The number of nitro groups is 1. The second kappa shape index (κ2) is 5.44. The van der Waals surface area contributed by atoms with Crippen molar-refractivity contribution in [3.8, 4) is 5.75 Å². The molecule has 0 saturated heterocycles. The molecule has 0 heterocycles. The third-order valence-corrected chi connectivity index (χ3v) is 2.14. The van der Waals surface area contributed by atoms with Crippen molar-refractivity contribution in [2.45, 2.75) is 32.8 Å². The van der Waals surface area contributed by atoms with Gasteiger partial charge in [-0.3, -0.25) is 10.1 Å². The molecule has 0 spiro atoms. The van der Waals surface area contributed by atoms with Crippen molar-refractivity contribution in [3.05, 3.63) is 34.1 Å². The van der Waals surface area contributed by atoms with E-state index in [-0.39, 0.29) is 17.5 Å². The highest BCUT2D eigenvalue weighted by Crippen LogP contribution is 2.28. The van der Waals surface area contributed by atoms with E-state index < -0.39 is 10.7 Å². The zero-order valence-electron chi connectivity index (χ0n) is 9.27. The minimum absolute atomic E-state index is 0.00838. The van der Waals surface area contributed by atoms with E-state index >= 15 is 0 Å². The van der Waals surface area contributed by atoms with Gasteiger partial charge in [-0.1, -0.05) is 13.3 Å². The first-order valence-corrected chi connectivity index (χ1v) is 5.15. The van der Waals surface area contributed by atoms with Gasteiger partial charge in [-0.2, -0.15) is 0 Å². The van der Waals surface area contributed by atoms with Crippen LogP contribution in [0.1, 0.15) is 26.7 Å². The van der Waals surface area contributed by atoms with E-state index in [0.29, 0.717) is 0 Å². The summed E-state index contributed by atoms with van der Waals surface area (Å²) in [6, 6.07) is 3.21. The molecule has 0 aliphatic rings. The fraction of sp³-hybridized carbons (Fsp3) is 0.455. The number of halogens is 1. The minimum Gasteiger partial charge on any atom is -0.484 e. The van der Waals surface area contributed by atoms with Gasteiger partial charge in [0, 0.05) is 12.1 Å². The van der Waals surface area contributed by atoms with Gasteiger partial charge in [-0.15, -0.1) is 0 Å². The van der Waals surface area contributed by atoms with Crippen LogP contribution in [0, 0.1) is 15.9 Å². The molecule has 0 N–H and O–H groups in total. The summed E-state index contributed by atoms with van der Waals surface area (Å²) in [6.07, 6.45) is 1.52. The predicted octanol–water partition coefficient (Wildman–Crippen LogP) is 3.30. The van der Waals surface area contributed by atoms with E-state index in [0.717, 1.165) is 31.0 Å². The standard InChI is InChI=1S/C11H14FNO3/c1-3-4-8(2)16-11-7-9(12)5-6-10(11)13(14)15/h5-8H,3-4H2,1-2H3. The molecule has 16 heavy (non-hydrogen) atoms. The highest BCUT2D eigenvalue weighted by molar-refractivity contribution is 5.46. The van der Waals surface area contributed by atoms with Crippen LogP contribution >= 0.6 is 0 Å². The Morgan fingerprint density at radius 3 is 2.81 bits per heavy atom. The molecule has 0 saturated carbocycles. The lowest BCUT2D eigenvalue weighted by Gasteiger charge is -2.13. The molecule has 1 unspecified atom stereocenters. The van der Waals surface area contributed by atoms with E-state index in [2.05, 4.69) is 0 Å². The summed E-state index contributed by atoms with van der Waals surface area (Å²) in [4.78, 5) is 10.1. The van der Waals surface area contributed by atoms with Crippen molar-refractivity contribution in [2.24, 2.45) is 0 Å². The molecule has 1 rings (SSSR count). The van der Waals surface area contributed by atoms with Crippen molar-refractivity contribution >= 4 is 5.69 Å². The first kappa shape index (κ1) is 12.4. The normalized spacial score (nSPS) is 12.2. The van der Waals surface area contributed by atoms with Crippen LogP contribution in [0.15, 0.2) is 18.2 Å². The highest BCUT2D eigenvalue weighted by atomic mass is 19.1. The van der Waals surface area contributed by atoms with Crippen molar-refractivity contribution in [2.75, 3.05) is 0 Å². The van der Waals surface area contributed by atoms with E-state index in [9.17, 15) is 14.5 Å². The Morgan fingerprint density at radius 1 is 1.56 bits per heavy atom. The maximum Gasteiger partial charge on any atom is 0.311 e. The third kappa shape index (κ3) is 3.18. The Morgan fingerprint density at radius 2 is 2.25 bits per heavy atom. The summed E-state index contributed by atoms with van der Waals surface area (Å²) in [5.74, 6) is -0.546. The molecule has 88 valence electrons. The lowest BCUT2D eigenvalue weighted by molar-refractivity contribution is -0.386. The summed E-state index contributed by atoms with van der Waals surface area (Å²) in [7, 11) is 0. The lowest BCUT2D eigenvalue weighted by Crippen LogP contribution is -2.12. The lowest BCUT2D eigenvalue weighted by atomic mass is 10.2. The molecule has 5 heteroatoms. The monoisotopic (exact) mass is 227 g/mol. The first-order chi connectivity index (χ1) is 7.54. The highest BCUT2D eigenvalue weighted by Gasteiger charge is 2.17. The number of benzene rings is 1. The largest absolute Gasteiger partial charge is 0.484 e. The first-order valence-electron chi connectivity index (χ1n) is 5.15. The summed E-state index contributed by atoms with van der Waals surface area (Å²) >= 11 is 0. The van der Waals surface area contributed by atoms with Gasteiger partial charge in [0.15, 0.2) is 5.75 Å². The topological polar surface area (TPSA) is 52.4 Å². The average molecular weight is 227 g/mol. The fourth-order valence-electron chi connectivity index (χ4n) is 1.42. The average Bonchev–Trinajstić information content (AvgIpc) is 2.17. The van der Waals surface area contributed by atoms with Gasteiger partial charge < -0.3 is 4.74 Å². The van der Waals surface area contributed by atoms with E-state index in [1.165, 1.54) is 0 Å². The zero-order chi connectivity index (χ0) is 12.1. The van der Waals surface area contributed by atoms with Crippen LogP contribution in [0.3, 0.4) is 0 Å². The molecule has 0 aliphatic carbocycles. The smallest absolute Gasteiger partial charge is 0.311 e. The van der Waals surface area contributed by atoms with Gasteiger partial charge in [-0.25, -0.2) is 4.39 Å². The number of rotatable bonds is 5. The third-order valence-electron chi connectivity index (χ3n) is 2.14. The van der Waals surface area contributed by atoms with E-state index in [4.69, 9.17) is 4.74 Å². The van der Waals surface area contributed by atoms with Crippen LogP contribution in [0.25, 0.3) is 0 Å². The number of nitrogens with zero attached hydrogens (tertiary/aromatic N) is 1. The molecule has 1 aromatic carbocycles. The van der Waals surface area contributed by atoms with Crippen LogP contribution in [0.5, 0.6) is 5.75 Å². The Bertz CT molecular complexity index is 381. The molecule has 0 bridgehead atoms. The van der Waals surface area contributed by atoms with Crippen LogP contribution in [0.2, 0.25) is 0 Å². The predicted molar refractivity (Wildman–Crippen MR) is 58.1 cm³/mol. The molecule has 4 nitrogen and oxygen atoms in total. The summed E-state index contributed by atoms with van der Waals surface area (Å²) in [5.41, 5.74) is -0.204. The molecule has 1 atom stereocenters. The van der Waals surface area contributed by atoms with Gasteiger partial charge in [0.1, 0.15) is 5.82 Å². The summed E-state index contributed by atoms with van der Waals surface area (Å²) < 4.78 is 18.3. The van der Waals surface area contributed by atoms with Crippen LogP contribution < -0.4 is 4.74 Å². The van der Waals surface area contributed by atoms with Gasteiger partial charge >= 0.3 is 5.69 Å². The molecule has 0 aromatic heterocycles. The zero-order valence-corrected chi connectivity index (χ0v) is 9.27. The number of hydrogen-bond donors (Lipinski definition) is 0. The molecule has 0 radical (unpaired) electrons. The Labute approximate surface area is 93.2 Å². The molecular weight excluding hydrogens is 213 g/mol. The van der Waals surface area contributed by atoms with Crippen molar-refractivity contribution < 1.29 is 14.1 Å². The van der Waals surface area contributed by atoms with Crippen LogP contribution in [-0.2, 0) is 0 Å². The van der Waals surface area contributed by atoms with Gasteiger partial charge in [0.25, 0.3) is 0 Å². The van der Waals surface area contributed by atoms with E-state index in [1.54, 1.807) is 6.92 Å². The van der Waals surface area contributed by atoms with Gasteiger partial charge in [-0.05, 0) is 19.4 Å². The fourth-order valence-corrected chi connectivity index (χ4v) is 1.42. The number of ether oxygens (including phenoxy) is 1. The Balaban J connectivity index is 2.92. The quantitative estimate of drug-likeness (QED) is 0.572. The molecule has 0 amide bonds. The van der Waals surface area contributed by atoms with Gasteiger partial charge in [0.2, 0.25) is 0 Å². The summed E-state index contributed by atoms with van der Waals surface area (Å²) in [6.45, 7) is 3.79. The molecule has 0 aliphatic heterocycles.